The Morgan fingerprint density at radius 1 is 1.50 bits per heavy atom. The molecule has 0 radical (unpaired) electrons. The van der Waals surface area contributed by atoms with Crippen LogP contribution in [0.3, 0.4) is 0 Å². The van der Waals surface area contributed by atoms with Gasteiger partial charge in [0.25, 0.3) is 0 Å². The first-order valence-corrected chi connectivity index (χ1v) is 4.78. The molecule has 0 amide bonds. The van der Waals surface area contributed by atoms with Crippen molar-refractivity contribution >= 4 is 11.6 Å². The molecule has 1 aromatic carbocycles. The molecular weight excluding hydrogens is 196 g/mol. The van der Waals surface area contributed by atoms with E-state index in [1.807, 2.05) is 38.1 Å². The van der Waals surface area contributed by atoms with Crippen LogP contribution in [0.2, 0.25) is 5.02 Å². The van der Waals surface area contributed by atoms with Crippen molar-refractivity contribution in [3.63, 3.8) is 0 Å². The van der Waals surface area contributed by atoms with E-state index in [2.05, 4.69) is 6.58 Å². The molecule has 2 heteroatoms. The minimum atomic E-state index is 0.742. The normalized spacial score (nSPS) is 11.2. The molecule has 74 valence electrons. The molecule has 0 aliphatic rings. The van der Waals surface area contributed by atoms with Crippen molar-refractivity contribution in [1.82, 2.24) is 0 Å². The molecule has 1 rings (SSSR count). The highest BCUT2D eigenvalue weighted by atomic mass is 35.5. The first kappa shape index (κ1) is 10.9. The molecule has 0 fully saturated rings. The molecule has 1 aromatic rings. The van der Waals surface area contributed by atoms with Crippen LogP contribution >= 0.6 is 11.6 Å². The van der Waals surface area contributed by atoms with Crippen LogP contribution in [0.15, 0.2) is 42.7 Å². The summed E-state index contributed by atoms with van der Waals surface area (Å²) in [5.41, 5.74) is 1.00. The maximum absolute atomic E-state index is 5.89. The first-order chi connectivity index (χ1) is 6.67. The Labute approximate surface area is 89.7 Å². The minimum absolute atomic E-state index is 0.742. The summed E-state index contributed by atoms with van der Waals surface area (Å²) in [5, 5.41) is 0.748. The van der Waals surface area contributed by atoms with Crippen LogP contribution < -0.4 is 4.74 Å². The highest BCUT2D eigenvalue weighted by Gasteiger charge is 1.99. The average Bonchev–Trinajstić information content (AvgIpc) is 2.19. The largest absolute Gasteiger partial charge is 0.458 e. The summed E-state index contributed by atoms with van der Waals surface area (Å²) >= 11 is 5.89. The lowest BCUT2D eigenvalue weighted by molar-refractivity contribution is 0.443. The van der Waals surface area contributed by atoms with Gasteiger partial charge in [-0.25, -0.2) is 0 Å². The van der Waals surface area contributed by atoms with Gasteiger partial charge in [0.15, 0.2) is 0 Å². The smallest absolute Gasteiger partial charge is 0.127 e. The Kier molecular flexibility index (Phi) is 3.78. The summed E-state index contributed by atoms with van der Waals surface area (Å²) in [6, 6.07) is 5.56. The molecular formula is C12H13ClO. The minimum Gasteiger partial charge on any atom is -0.458 e. The SMILES string of the molecule is C=CC(=CC)Oc1ccc(Cl)c(C)c1. The molecule has 14 heavy (non-hydrogen) atoms. The van der Waals surface area contributed by atoms with Crippen molar-refractivity contribution in [2.75, 3.05) is 0 Å². The zero-order valence-electron chi connectivity index (χ0n) is 8.38. The third-order valence-electron chi connectivity index (χ3n) is 1.85. The maximum atomic E-state index is 5.89. The van der Waals surface area contributed by atoms with Gasteiger partial charge in [0, 0.05) is 5.02 Å². The number of allylic oxidation sites excluding steroid dienone is 2. The molecule has 0 saturated heterocycles. The van der Waals surface area contributed by atoms with Gasteiger partial charge in [-0.05, 0) is 49.8 Å². The van der Waals surface area contributed by atoms with Crippen LogP contribution in [-0.2, 0) is 0 Å². The number of benzene rings is 1. The molecule has 0 aliphatic heterocycles. The lowest BCUT2D eigenvalue weighted by Crippen LogP contribution is -1.91. The number of halogens is 1. The highest BCUT2D eigenvalue weighted by molar-refractivity contribution is 6.31. The van der Waals surface area contributed by atoms with E-state index in [1.54, 1.807) is 6.08 Å². The number of rotatable bonds is 3. The standard InChI is InChI=1S/C12H13ClO/c1-4-10(5-2)14-11-6-7-12(13)9(3)8-11/h4-8H,1H2,2-3H3. The summed E-state index contributed by atoms with van der Waals surface area (Å²) in [6.07, 6.45) is 3.53. The molecule has 0 aliphatic carbocycles. The van der Waals surface area contributed by atoms with Crippen LogP contribution in [0.1, 0.15) is 12.5 Å². The van der Waals surface area contributed by atoms with Gasteiger partial charge in [0.1, 0.15) is 11.5 Å². The molecule has 0 N–H and O–H groups in total. The van der Waals surface area contributed by atoms with Crippen LogP contribution in [0.25, 0.3) is 0 Å². The molecule has 0 unspecified atom stereocenters. The second kappa shape index (κ2) is 4.87. The van der Waals surface area contributed by atoms with Gasteiger partial charge in [0.2, 0.25) is 0 Å². The summed E-state index contributed by atoms with van der Waals surface area (Å²) in [4.78, 5) is 0. The van der Waals surface area contributed by atoms with E-state index in [1.165, 1.54) is 0 Å². The quantitative estimate of drug-likeness (QED) is 0.537. The lowest BCUT2D eigenvalue weighted by Gasteiger charge is -2.07. The third kappa shape index (κ3) is 2.64. The average molecular weight is 209 g/mol. The number of hydrogen-bond donors (Lipinski definition) is 0. The fourth-order valence-corrected chi connectivity index (χ4v) is 1.15. The molecule has 0 aromatic heterocycles. The van der Waals surface area contributed by atoms with Gasteiger partial charge in [-0.15, -0.1) is 0 Å². The van der Waals surface area contributed by atoms with Crippen molar-refractivity contribution in [3.05, 3.63) is 53.3 Å². The number of ether oxygens (including phenoxy) is 1. The van der Waals surface area contributed by atoms with Crippen LogP contribution in [0, 0.1) is 6.92 Å². The van der Waals surface area contributed by atoms with Gasteiger partial charge >= 0.3 is 0 Å². The van der Waals surface area contributed by atoms with Gasteiger partial charge in [-0.1, -0.05) is 18.2 Å². The molecule has 1 nitrogen and oxygen atoms in total. The van der Waals surface area contributed by atoms with Crippen molar-refractivity contribution in [1.29, 1.82) is 0 Å². The topological polar surface area (TPSA) is 9.23 Å². The predicted molar refractivity (Wildman–Crippen MR) is 60.8 cm³/mol. The number of aryl methyl sites for hydroxylation is 1. The van der Waals surface area contributed by atoms with Crippen molar-refractivity contribution in [2.24, 2.45) is 0 Å². The second-order valence-electron chi connectivity index (χ2n) is 2.91. The van der Waals surface area contributed by atoms with E-state index in [-0.39, 0.29) is 0 Å². The fourth-order valence-electron chi connectivity index (χ4n) is 1.04. The zero-order valence-corrected chi connectivity index (χ0v) is 9.14. The maximum Gasteiger partial charge on any atom is 0.127 e. The van der Waals surface area contributed by atoms with Gasteiger partial charge in [-0.2, -0.15) is 0 Å². The van der Waals surface area contributed by atoms with Gasteiger partial charge < -0.3 is 4.74 Å². The lowest BCUT2D eigenvalue weighted by atomic mass is 10.2. The Hall–Kier alpha value is -1.21. The Bertz CT molecular complexity index is 367. The molecule has 0 spiro atoms. The molecule has 0 heterocycles. The van der Waals surface area contributed by atoms with Crippen molar-refractivity contribution < 1.29 is 4.74 Å². The van der Waals surface area contributed by atoms with Crippen LogP contribution in [0.4, 0.5) is 0 Å². The highest BCUT2D eigenvalue weighted by Crippen LogP contribution is 2.22. The zero-order chi connectivity index (χ0) is 10.6. The van der Waals surface area contributed by atoms with E-state index in [4.69, 9.17) is 16.3 Å². The Morgan fingerprint density at radius 2 is 2.21 bits per heavy atom. The van der Waals surface area contributed by atoms with E-state index >= 15 is 0 Å². The monoisotopic (exact) mass is 208 g/mol. The van der Waals surface area contributed by atoms with E-state index < -0.39 is 0 Å². The summed E-state index contributed by atoms with van der Waals surface area (Å²) in [5.74, 6) is 1.52. The molecule has 0 bridgehead atoms. The first-order valence-electron chi connectivity index (χ1n) is 4.40. The predicted octanol–water partition coefficient (Wildman–Crippen LogP) is 4.12. The van der Waals surface area contributed by atoms with E-state index in [9.17, 15) is 0 Å². The molecule has 0 saturated carbocycles. The van der Waals surface area contributed by atoms with E-state index in [0.717, 1.165) is 22.1 Å². The summed E-state index contributed by atoms with van der Waals surface area (Å²) < 4.78 is 5.53. The van der Waals surface area contributed by atoms with Crippen molar-refractivity contribution in [3.8, 4) is 5.75 Å². The van der Waals surface area contributed by atoms with Crippen LogP contribution in [0.5, 0.6) is 5.75 Å². The van der Waals surface area contributed by atoms with Crippen LogP contribution in [-0.4, -0.2) is 0 Å². The summed E-state index contributed by atoms with van der Waals surface area (Å²) in [7, 11) is 0. The third-order valence-corrected chi connectivity index (χ3v) is 2.27. The Balaban J connectivity index is 2.88. The van der Waals surface area contributed by atoms with Gasteiger partial charge in [-0.3, -0.25) is 0 Å². The fraction of sp³-hybridized carbons (Fsp3) is 0.167. The Morgan fingerprint density at radius 3 is 2.71 bits per heavy atom. The second-order valence-corrected chi connectivity index (χ2v) is 3.32. The van der Waals surface area contributed by atoms with Gasteiger partial charge in [0.05, 0.1) is 0 Å². The number of hydrogen-bond acceptors (Lipinski definition) is 1. The van der Waals surface area contributed by atoms with Crippen molar-refractivity contribution in [2.45, 2.75) is 13.8 Å². The summed E-state index contributed by atoms with van der Waals surface area (Å²) in [6.45, 7) is 7.49. The van der Waals surface area contributed by atoms with E-state index in [0.29, 0.717) is 0 Å². The molecule has 0 atom stereocenters.